The van der Waals surface area contributed by atoms with Crippen LogP contribution in [0, 0.1) is 0 Å². The Hall–Kier alpha value is -0.880. The molecule has 0 aliphatic carbocycles. The molecule has 6 nitrogen and oxygen atoms in total. The zero-order chi connectivity index (χ0) is 9.07. The molecule has 0 fully saturated rings. The summed E-state index contributed by atoms with van der Waals surface area (Å²) < 4.78 is 4.48. The highest BCUT2D eigenvalue weighted by Gasteiger charge is 2.34. The molecule has 0 atom stereocenters. The summed E-state index contributed by atoms with van der Waals surface area (Å²) in [5, 5.41) is 15.8. The maximum absolute atomic E-state index is 9.73. The first-order valence-corrected chi connectivity index (χ1v) is 2.81. The van der Waals surface area contributed by atoms with Crippen molar-refractivity contribution >= 4 is 35.5 Å². The van der Waals surface area contributed by atoms with Crippen LogP contribution in [0.1, 0.15) is 0 Å². The van der Waals surface area contributed by atoms with Crippen molar-refractivity contribution in [2.24, 2.45) is 0 Å². The van der Waals surface area contributed by atoms with Gasteiger partial charge in [0.05, 0.1) is 0 Å². The molecule has 0 aromatic heterocycles. The number of hydrogen-bond acceptors (Lipinski definition) is 4. The van der Waals surface area contributed by atoms with Gasteiger partial charge in [0.25, 0.3) is 0 Å². The Kier molecular flexibility index (Phi) is 3.21. The van der Waals surface area contributed by atoms with Crippen molar-refractivity contribution in [1.82, 2.24) is 0 Å². The van der Waals surface area contributed by atoms with Crippen LogP contribution in [-0.2, 0) is 9.47 Å². The minimum atomic E-state index is -2.71. The number of halogens is 2. The Balaban J connectivity index is 3.99. The van der Waals surface area contributed by atoms with E-state index in [4.69, 9.17) is 33.4 Å². The normalized spacial score (nSPS) is 10.4. The Morgan fingerprint density at radius 2 is 1.36 bits per heavy atom. The van der Waals surface area contributed by atoms with Gasteiger partial charge in [0.15, 0.2) is 0 Å². The maximum Gasteiger partial charge on any atom is 0.510 e. The molecule has 0 bridgehead atoms. The van der Waals surface area contributed by atoms with Crippen LogP contribution < -0.4 is 0 Å². The van der Waals surface area contributed by atoms with Crippen LogP contribution in [-0.4, -0.2) is 27.2 Å². The molecule has 0 unspecified atom stereocenters. The monoisotopic (exact) mass is 204 g/mol. The lowest BCUT2D eigenvalue weighted by atomic mass is 11.2. The highest BCUT2D eigenvalue weighted by atomic mass is 35.5. The van der Waals surface area contributed by atoms with Gasteiger partial charge in [-0.3, -0.25) is 0 Å². The Labute approximate surface area is 70.2 Å². The largest absolute Gasteiger partial charge is 0.510 e. The van der Waals surface area contributed by atoms with Gasteiger partial charge in [-0.25, -0.2) is 9.59 Å². The van der Waals surface area contributed by atoms with Crippen molar-refractivity contribution in [2.75, 3.05) is 0 Å². The molecule has 0 rings (SSSR count). The zero-order valence-corrected chi connectivity index (χ0v) is 6.30. The molecule has 8 heteroatoms. The summed E-state index contributed by atoms with van der Waals surface area (Å²) in [6.07, 6.45) is -3.70. The van der Waals surface area contributed by atoms with Crippen molar-refractivity contribution in [3.63, 3.8) is 0 Å². The van der Waals surface area contributed by atoms with Crippen LogP contribution in [0.15, 0.2) is 0 Å². The molecule has 0 saturated carbocycles. The molecular formula is C3H2Cl2O6. The maximum atomic E-state index is 9.73. The van der Waals surface area contributed by atoms with Crippen molar-refractivity contribution in [2.45, 2.75) is 4.71 Å². The molecule has 64 valence electrons. The van der Waals surface area contributed by atoms with Crippen molar-refractivity contribution < 1.29 is 29.3 Å². The fraction of sp³-hybridized carbons (Fsp3) is 0.333. The van der Waals surface area contributed by atoms with E-state index >= 15 is 0 Å². The summed E-state index contributed by atoms with van der Waals surface area (Å²) in [7, 11) is 0. The first-order chi connectivity index (χ1) is 4.83. The molecular weight excluding hydrogens is 203 g/mol. The second-order valence-corrected chi connectivity index (χ2v) is 2.39. The second kappa shape index (κ2) is 3.49. The van der Waals surface area contributed by atoms with E-state index in [1.807, 2.05) is 0 Å². The first-order valence-electron chi connectivity index (χ1n) is 2.05. The van der Waals surface area contributed by atoms with E-state index in [2.05, 4.69) is 9.47 Å². The minimum Gasteiger partial charge on any atom is -0.450 e. The third kappa shape index (κ3) is 5.56. The van der Waals surface area contributed by atoms with Crippen LogP contribution in [0.4, 0.5) is 9.59 Å². The number of rotatable bonds is 2. The van der Waals surface area contributed by atoms with Crippen LogP contribution >= 0.6 is 23.2 Å². The van der Waals surface area contributed by atoms with Crippen molar-refractivity contribution in [1.29, 1.82) is 0 Å². The minimum absolute atomic E-state index is 1.85. The van der Waals surface area contributed by atoms with Gasteiger partial charge in [-0.1, -0.05) is 0 Å². The number of ether oxygens (including phenoxy) is 2. The summed E-state index contributed by atoms with van der Waals surface area (Å²) in [5.74, 6) is 0. The molecule has 11 heavy (non-hydrogen) atoms. The summed E-state index contributed by atoms with van der Waals surface area (Å²) in [5.41, 5.74) is 0. The van der Waals surface area contributed by atoms with E-state index in [1.54, 1.807) is 0 Å². The highest BCUT2D eigenvalue weighted by Crippen LogP contribution is 2.24. The van der Waals surface area contributed by atoms with Gasteiger partial charge >= 0.3 is 17.0 Å². The average molecular weight is 205 g/mol. The van der Waals surface area contributed by atoms with Crippen molar-refractivity contribution in [3.05, 3.63) is 0 Å². The molecule has 0 heterocycles. The smallest absolute Gasteiger partial charge is 0.450 e. The molecule has 0 radical (unpaired) electrons. The lowest BCUT2D eigenvalue weighted by Crippen LogP contribution is -2.27. The summed E-state index contributed by atoms with van der Waals surface area (Å²) in [6.45, 7) is 0. The average Bonchev–Trinajstić information content (AvgIpc) is 1.53. The molecule has 0 aliphatic heterocycles. The predicted octanol–water partition coefficient (Wildman–Crippen LogP) is 1.46. The summed E-state index contributed by atoms with van der Waals surface area (Å²) in [4.78, 5) is 19.5. The fourth-order valence-electron chi connectivity index (χ4n) is 0.224. The third-order valence-electron chi connectivity index (χ3n) is 0.412. The molecule has 0 aliphatic rings. The second-order valence-electron chi connectivity index (χ2n) is 1.20. The number of carbonyl (C=O) groups is 2. The van der Waals surface area contributed by atoms with E-state index in [9.17, 15) is 9.59 Å². The van der Waals surface area contributed by atoms with Gasteiger partial charge < -0.3 is 19.7 Å². The van der Waals surface area contributed by atoms with E-state index in [0.717, 1.165) is 0 Å². The lowest BCUT2D eigenvalue weighted by Gasteiger charge is -2.14. The topological polar surface area (TPSA) is 93.1 Å². The third-order valence-corrected chi connectivity index (χ3v) is 0.721. The Morgan fingerprint density at radius 1 is 1.09 bits per heavy atom. The summed E-state index contributed by atoms with van der Waals surface area (Å²) >= 11 is 9.77. The van der Waals surface area contributed by atoms with Gasteiger partial charge in [-0.2, -0.15) is 0 Å². The zero-order valence-electron chi connectivity index (χ0n) is 4.78. The van der Waals surface area contributed by atoms with Gasteiger partial charge in [-0.15, -0.1) is 0 Å². The number of alkyl halides is 2. The predicted molar refractivity (Wildman–Crippen MR) is 32.7 cm³/mol. The highest BCUT2D eigenvalue weighted by molar-refractivity contribution is 6.46. The Morgan fingerprint density at radius 3 is 1.55 bits per heavy atom. The van der Waals surface area contributed by atoms with Gasteiger partial charge in [-0.05, 0) is 23.2 Å². The van der Waals surface area contributed by atoms with Gasteiger partial charge in [0, 0.05) is 0 Å². The van der Waals surface area contributed by atoms with E-state index in [1.165, 1.54) is 0 Å². The van der Waals surface area contributed by atoms with Gasteiger partial charge in [0.1, 0.15) is 0 Å². The van der Waals surface area contributed by atoms with E-state index in [-0.39, 0.29) is 0 Å². The van der Waals surface area contributed by atoms with Crippen LogP contribution in [0.2, 0.25) is 0 Å². The van der Waals surface area contributed by atoms with Crippen LogP contribution in [0.25, 0.3) is 0 Å². The summed E-state index contributed by atoms with van der Waals surface area (Å²) in [6, 6.07) is 0. The molecule has 0 aromatic carbocycles. The quantitative estimate of drug-likeness (QED) is 0.402. The Bertz CT molecular complexity index is 159. The van der Waals surface area contributed by atoms with E-state index in [0.29, 0.717) is 0 Å². The molecule has 0 amide bonds. The van der Waals surface area contributed by atoms with Crippen molar-refractivity contribution in [3.8, 4) is 0 Å². The molecule has 0 aromatic rings. The molecule has 2 N–H and O–H groups in total. The van der Waals surface area contributed by atoms with E-state index < -0.39 is 17.0 Å². The molecule has 0 saturated heterocycles. The standard InChI is InChI=1S/C3H2Cl2O6/c4-3(5,10-1(6)7)11-2(8)9/h(H,6,7)(H,8,9). The fourth-order valence-corrected chi connectivity index (χ4v) is 0.488. The number of hydrogen-bond donors (Lipinski definition) is 2. The first kappa shape index (κ1) is 10.1. The van der Waals surface area contributed by atoms with Gasteiger partial charge in [0.2, 0.25) is 0 Å². The van der Waals surface area contributed by atoms with Crippen LogP contribution in [0.3, 0.4) is 0 Å². The molecule has 0 spiro atoms. The SMILES string of the molecule is O=C(O)OC(Cl)(Cl)OC(=O)O. The lowest BCUT2D eigenvalue weighted by molar-refractivity contribution is -0.0704. The number of carboxylic acid groups (broad SMARTS) is 2. The van der Waals surface area contributed by atoms with Crippen LogP contribution in [0.5, 0.6) is 0 Å².